The highest BCUT2D eigenvalue weighted by Gasteiger charge is 2.24. The first-order chi connectivity index (χ1) is 13.8. The Balaban J connectivity index is 1.86. The summed E-state index contributed by atoms with van der Waals surface area (Å²) in [5.41, 5.74) is 3.29. The van der Waals surface area contributed by atoms with E-state index in [1.54, 1.807) is 24.3 Å². The van der Waals surface area contributed by atoms with Gasteiger partial charge in [0.15, 0.2) is 0 Å². The van der Waals surface area contributed by atoms with Crippen LogP contribution in [0.15, 0.2) is 59.8 Å². The number of halogens is 1. The lowest BCUT2D eigenvalue weighted by Crippen LogP contribution is -2.30. The van der Waals surface area contributed by atoms with Crippen molar-refractivity contribution in [2.45, 2.75) is 11.8 Å². The first-order valence-electron chi connectivity index (χ1n) is 8.13. The van der Waals surface area contributed by atoms with E-state index in [4.69, 9.17) is 0 Å². The Kier molecular flexibility index (Phi) is 6.24. The first kappa shape index (κ1) is 20.9. The molecule has 0 fully saturated rings. The van der Waals surface area contributed by atoms with Crippen molar-refractivity contribution in [1.82, 2.24) is 14.8 Å². The smallest absolute Gasteiger partial charge is 0.334 e. The van der Waals surface area contributed by atoms with Gasteiger partial charge in [-0.3, -0.25) is 15.5 Å². The van der Waals surface area contributed by atoms with Crippen molar-refractivity contribution in [2.24, 2.45) is 0 Å². The second kappa shape index (κ2) is 8.67. The monoisotopic (exact) mass is 526 g/mol. The Morgan fingerprint density at radius 1 is 1.00 bits per heavy atom. The molecule has 3 rings (SSSR count). The van der Waals surface area contributed by atoms with Gasteiger partial charge in [0, 0.05) is 9.26 Å². The predicted octanol–water partition coefficient (Wildman–Crippen LogP) is 3.35. The predicted molar refractivity (Wildman–Crippen MR) is 116 cm³/mol. The molecule has 1 heterocycles. The van der Waals surface area contributed by atoms with E-state index in [0.717, 1.165) is 15.5 Å². The standard InChI is InChI=1S/C17H15IN6O4S/c1-11-2-8-14(9-3-11)29(27,28)23-22-17-15(24(25)26)16(19-10-20-17)21-13-6-4-12(18)5-7-13/h2-10,23H,1H3,(H2,19,20,21,22). The minimum atomic E-state index is -3.96. The van der Waals surface area contributed by atoms with Crippen molar-refractivity contribution in [3.8, 4) is 0 Å². The number of anilines is 3. The van der Waals surface area contributed by atoms with Crippen LogP contribution >= 0.6 is 22.6 Å². The fourth-order valence-corrected chi connectivity index (χ4v) is 3.50. The summed E-state index contributed by atoms with van der Waals surface area (Å²) in [7, 11) is -3.96. The summed E-state index contributed by atoms with van der Waals surface area (Å²) in [6, 6.07) is 13.3. The van der Waals surface area contributed by atoms with Crippen molar-refractivity contribution in [3.05, 3.63) is 74.1 Å². The minimum Gasteiger partial charge on any atom is -0.334 e. The van der Waals surface area contributed by atoms with E-state index in [9.17, 15) is 18.5 Å². The quantitative estimate of drug-likeness (QED) is 0.242. The summed E-state index contributed by atoms with van der Waals surface area (Å²) in [4.78, 5) is 20.7. The van der Waals surface area contributed by atoms with Crippen LogP contribution in [-0.2, 0) is 10.0 Å². The van der Waals surface area contributed by atoms with Gasteiger partial charge in [0.2, 0.25) is 11.6 Å². The van der Waals surface area contributed by atoms with Crippen LogP contribution in [0.25, 0.3) is 0 Å². The van der Waals surface area contributed by atoms with Gasteiger partial charge in [0.05, 0.1) is 9.82 Å². The van der Waals surface area contributed by atoms with Crippen LogP contribution in [0, 0.1) is 20.6 Å². The molecule has 0 amide bonds. The first-order valence-corrected chi connectivity index (χ1v) is 10.7. The zero-order valence-electron chi connectivity index (χ0n) is 15.0. The average molecular weight is 526 g/mol. The third-order valence-electron chi connectivity index (χ3n) is 3.75. The SMILES string of the molecule is Cc1ccc(S(=O)(=O)NNc2ncnc(Nc3ccc(I)cc3)c2[N+](=O)[O-])cc1. The number of aryl methyl sites for hydroxylation is 1. The molecule has 0 aliphatic heterocycles. The van der Waals surface area contributed by atoms with Gasteiger partial charge in [-0.25, -0.2) is 18.4 Å². The van der Waals surface area contributed by atoms with Crippen molar-refractivity contribution in [1.29, 1.82) is 0 Å². The van der Waals surface area contributed by atoms with Gasteiger partial charge >= 0.3 is 5.69 Å². The van der Waals surface area contributed by atoms with Crippen molar-refractivity contribution >= 4 is 55.6 Å². The second-order valence-corrected chi connectivity index (χ2v) is 8.78. The maximum Gasteiger partial charge on any atom is 0.354 e. The number of nitro groups is 1. The van der Waals surface area contributed by atoms with Crippen LogP contribution in [-0.4, -0.2) is 23.3 Å². The Morgan fingerprint density at radius 3 is 2.24 bits per heavy atom. The Labute approximate surface area is 180 Å². The van der Waals surface area contributed by atoms with Gasteiger partial charge in [0.1, 0.15) is 6.33 Å². The van der Waals surface area contributed by atoms with Gasteiger partial charge in [-0.2, -0.15) is 0 Å². The van der Waals surface area contributed by atoms with Crippen LogP contribution < -0.4 is 15.6 Å². The topological polar surface area (TPSA) is 139 Å². The fraction of sp³-hybridized carbons (Fsp3) is 0.0588. The van der Waals surface area contributed by atoms with Gasteiger partial charge in [-0.15, -0.1) is 4.83 Å². The molecule has 0 unspecified atom stereocenters. The third-order valence-corrected chi connectivity index (χ3v) is 5.73. The normalized spacial score (nSPS) is 11.1. The van der Waals surface area contributed by atoms with E-state index >= 15 is 0 Å². The number of hydrazine groups is 1. The van der Waals surface area contributed by atoms with E-state index in [-0.39, 0.29) is 16.5 Å². The number of rotatable bonds is 7. The summed E-state index contributed by atoms with van der Waals surface area (Å²) in [5.74, 6) is -0.378. The Hall–Kier alpha value is -2.84. The van der Waals surface area contributed by atoms with E-state index in [2.05, 4.69) is 48.1 Å². The molecule has 0 saturated carbocycles. The van der Waals surface area contributed by atoms with Crippen LogP contribution in [0.1, 0.15) is 5.56 Å². The number of nitrogens with zero attached hydrogens (tertiary/aromatic N) is 3. The molecular weight excluding hydrogens is 511 g/mol. The van der Waals surface area contributed by atoms with Crippen molar-refractivity contribution < 1.29 is 13.3 Å². The number of hydrogen-bond donors (Lipinski definition) is 3. The molecule has 0 spiro atoms. The van der Waals surface area contributed by atoms with E-state index < -0.39 is 20.6 Å². The number of benzene rings is 2. The molecule has 0 bridgehead atoms. The average Bonchev–Trinajstić information content (AvgIpc) is 2.68. The zero-order chi connectivity index (χ0) is 21.0. The molecule has 3 N–H and O–H groups in total. The second-order valence-electron chi connectivity index (χ2n) is 5.85. The van der Waals surface area contributed by atoms with Gasteiger partial charge < -0.3 is 5.32 Å². The van der Waals surface area contributed by atoms with Crippen molar-refractivity contribution in [3.63, 3.8) is 0 Å². The lowest BCUT2D eigenvalue weighted by Gasteiger charge is -2.11. The molecule has 29 heavy (non-hydrogen) atoms. The van der Waals surface area contributed by atoms with Crippen LogP contribution in [0.2, 0.25) is 0 Å². The highest BCUT2D eigenvalue weighted by atomic mass is 127. The number of aromatic nitrogens is 2. The largest absolute Gasteiger partial charge is 0.354 e. The molecule has 0 aliphatic rings. The van der Waals surface area contributed by atoms with Gasteiger partial charge in [-0.05, 0) is 65.9 Å². The van der Waals surface area contributed by atoms with Crippen LogP contribution in [0.3, 0.4) is 0 Å². The Morgan fingerprint density at radius 2 is 1.62 bits per heavy atom. The van der Waals surface area contributed by atoms with Gasteiger partial charge in [0.25, 0.3) is 10.0 Å². The van der Waals surface area contributed by atoms with E-state index in [1.807, 2.05) is 19.1 Å². The number of hydrogen-bond acceptors (Lipinski definition) is 8. The summed E-state index contributed by atoms with van der Waals surface area (Å²) in [6.45, 7) is 1.83. The number of sulfonamides is 1. The number of nitrogens with one attached hydrogen (secondary N) is 3. The zero-order valence-corrected chi connectivity index (χ0v) is 17.9. The molecule has 150 valence electrons. The maximum atomic E-state index is 12.4. The molecular formula is C17H15IN6O4S. The molecule has 3 aromatic rings. The lowest BCUT2D eigenvalue weighted by molar-refractivity contribution is -0.383. The lowest BCUT2D eigenvalue weighted by atomic mass is 10.2. The summed E-state index contributed by atoms with van der Waals surface area (Å²) < 4.78 is 25.8. The summed E-state index contributed by atoms with van der Waals surface area (Å²) in [6.07, 6.45) is 1.09. The molecule has 10 nitrogen and oxygen atoms in total. The molecule has 0 saturated heterocycles. The molecule has 2 aromatic carbocycles. The van der Waals surface area contributed by atoms with E-state index in [0.29, 0.717) is 5.69 Å². The minimum absolute atomic E-state index is 0.00421. The maximum absolute atomic E-state index is 12.4. The third kappa shape index (κ3) is 5.16. The van der Waals surface area contributed by atoms with E-state index in [1.165, 1.54) is 12.1 Å². The van der Waals surface area contributed by atoms with Crippen molar-refractivity contribution in [2.75, 3.05) is 10.7 Å². The Bertz CT molecular complexity index is 1140. The highest BCUT2D eigenvalue weighted by molar-refractivity contribution is 14.1. The molecule has 0 aliphatic carbocycles. The fourth-order valence-electron chi connectivity index (χ4n) is 2.30. The van der Waals surface area contributed by atoms with Gasteiger partial charge in [-0.1, -0.05) is 17.7 Å². The molecule has 12 heteroatoms. The molecule has 0 atom stereocenters. The van der Waals surface area contributed by atoms with Crippen LogP contribution in [0.4, 0.5) is 23.0 Å². The molecule has 1 aromatic heterocycles. The summed E-state index contributed by atoms with van der Waals surface area (Å²) >= 11 is 2.14. The summed E-state index contributed by atoms with van der Waals surface area (Å²) in [5, 5.41) is 14.4. The highest BCUT2D eigenvalue weighted by Crippen LogP contribution is 2.31. The molecule has 0 radical (unpaired) electrons. The van der Waals surface area contributed by atoms with Crippen LogP contribution in [0.5, 0.6) is 0 Å².